The van der Waals surface area contributed by atoms with E-state index < -0.39 is 0 Å². The standard InChI is InChI=1S/C12H11BrN2O2/c1-6(16)7-5-8-9(13)3-4-10(17-2)11(8)15-12(7)14/h3-5H,1-2H3,(H2,14,15). The third-order valence-electron chi connectivity index (χ3n) is 2.52. The predicted octanol–water partition coefficient (Wildman–Crippen LogP) is 2.79. The van der Waals surface area contributed by atoms with Gasteiger partial charge in [0.15, 0.2) is 5.78 Å². The lowest BCUT2D eigenvalue weighted by atomic mass is 10.1. The Morgan fingerprint density at radius 2 is 2.18 bits per heavy atom. The number of fused-ring (bicyclic) bond motifs is 1. The third-order valence-corrected chi connectivity index (χ3v) is 3.21. The van der Waals surface area contributed by atoms with E-state index in [1.807, 2.05) is 6.07 Å². The number of rotatable bonds is 2. The van der Waals surface area contributed by atoms with Crippen LogP contribution in [0.15, 0.2) is 22.7 Å². The van der Waals surface area contributed by atoms with Crippen LogP contribution in [0, 0.1) is 0 Å². The summed E-state index contributed by atoms with van der Waals surface area (Å²) < 4.78 is 6.06. The number of nitrogen functional groups attached to an aromatic ring is 1. The van der Waals surface area contributed by atoms with Gasteiger partial charge in [0.1, 0.15) is 17.1 Å². The topological polar surface area (TPSA) is 65.2 Å². The third kappa shape index (κ3) is 1.98. The molecule has 0 atom stereocenters. The normalized spacial score (nSPS) is 10.5. The minimum Gasteiger partial charge on any atom is -0.494 e. The van der Waals surface area contributed by atoms with Crippen molar-refractivity contribution in [3.63, 3.8) is 0 Å². The Morgan fingerprint density at radius 3 is 2.76 bits per heavy atom. The van der Waals surface area contributed by atoms with E-state index in [0.29, 0.717) is 16.8 Å². The Morgan fingerprint density at radius 1 is 1.47 bits per heavy atom. The Bertz CT molecular complexity index is 611. The maximum absolute atomic E-state index is 11.4. The van der Waals surface area contributed by atoms with Crippen molar-refractivity contribution in [3.8, 4) is 5.75 Å². The van der Waals surface area contributed by atoms with Crippen molar-refractivity contribution in [1.29, 1.82) is 0 Å². The molecule has 1 aromatic carbocycles. The van der Waals surface area contributed by atoms with Crippen LogP contribution in [0.2, 0.25) is 0 Å². The van der Waals surface area contributed by atoms with Gasteiger partial charge in [-0.25, -0.2) is 4.98 Å². The lowest BCUT2D eigenvalue weighted by Crippen LogP contribution is -2.03. The number of anilines is 1. The van der Waals surface area contributed by atoms with Crippen LogP contribution >= 0.6 is 15.9 Å². The fourth-order valence-corrected chi connectivity index (χ4v) is 2.10. The maximum Gasteiger partial charge on any atom is 0.163 e. The number of hydrogen-bond donors (Lipinski definition) is 1. The number of carbonyl (C=O) groups is 1. The molecule has 1 heterocycles. The number of benzene rings is 1. The van der Waals surface area contributed by atoms with E-state index in [1.165, 1.54) is 6.92 Å². The van der Waals surface area contributed by atoms with Gasteiger partial charge in [-0.05, 0) is 25.1 Å². The molecule has 0 aliphatic heterocycles. The molecule has 0 fully saturated rings. The van der Waals surface area contributed by atoms with E-state index in [9.17, 15) is 4.79 Å². The number of methoxy groups -OCH3 is 1. The van der Waals surface area contributed by atoms with Gasteiger partial charge < -0.3 is 10.5 Å². The van der Waals surface area contributed by atoms with Crippen molar-refractivity contribution in [3.05, 3.63) is 28.2 Å². The highest BCUT2D eigenvalue weighted by Gasteiger charge is 2.13. The second-order valence-electron chi connectivity index (χ2n) is 3.62. The molecule has 0 amide bonds. The summed E-state index contributed by atoms with van der Waals surface area (Å²) in [7, 11) is 1.57. The molecule has 0 aliphatic rings. The maximum atomic E-state index is 11.4. The lowest BCUT2D eigenvalue weighted by molar-refractivity contribution is 0.101. The van der Waals surface area contributed by atoms with Crippen LogP contribution in [0.25, 0.3) is 10.9 Å². The number of pyridine rings is 1. The van der Waals surface area contributed by atoms with Crippen LogP contribution in [0.5, 0.6) is 5.75 Å². The number of ketones is 1. The van der Waals surface area contributed by atoms with Gasteiger partial charge in [-0.3, -0.25) is 4.79 Å². The molecule has 0 aliphatic carbocycles. The summed E-state index contributed by atoms with van der Waals surface area (Å²) in [5.74, 6) is 0.748. The lowest BCUT2D eigenvalue weighted by Gasteiger charge is -2.09. The molecule has 0 unspecified atom stereocenters. The zero-order chi connectivity index (χ0) is 12.6. The molecule has 0 spiro atoms. The number of Topliss-reactive ketones (excluding diaryl/α,β-unsaturated/α-hetero) is 1. The van der Waals surface area contributed by atoms with Crippen LogP contribution < -0.4 is 10.5 Å². The second-order valence-corrected chi connectivity index (χ2v) is 4.48. The predicted molar refractivity (Wildman–Crippen MR) is 70.4 cm³/mol. The summed E-state index contributed by atoms with van der Waals surface area (Å²) in [6, 6.07) is 5.38. The fraction of sp³-hybridized carbons (Fsp3) is 0.167. The first-order valence-corrected chi connectivity index (χ1v) is 5.77. The first kappa shape index (κ1) is 11.9. The Hall–Kier alpha value is -1.62. The van der Waals surface area contributed by atoms with Crippen LogP contribution in [0.4, 0.5) is 5.82 Å². The Balaban J connectivity index is 2.86. The molecule has 0 saturated heterocycles. The van der Waals surface area contributed by atoms with Gasteiger partial charge in [0, 0.05) is 9.86 Å². The van der Waals surface area contributed by atoms with Gasteiger partial charge in [0.05, 0.1) is 12.7 Å². The molecule has 1 aromatic heterocycles. The molecule has 88 valence electrons. The van der Waals surface area contributed by atoms with E-state index in [4.69, 9.17) is 10.5 Å². The highest BCUT2D eigenvalue weighted by atomic mass is 79.9. The van der Waals surface area contributed by atoms with E-state index in [0.717, 1.165) is 9.86 Å². The fourth-order valence-electron chi connectivity index (χ4n) is 1.66. The highest BCUT2D eigenvalue weighted by molar-refractivity contribution is 9.10. The summed E-state index contributed by atoms with van der Waals surface area (Å²) in [6.45, 7) is 1.47. The number of nitrogens with two attached hydrogens (primary N) is 1. The number of ether oxygens (including phenoxy) is 1. The second kappa shape index (κ2) is 4.33. The van der Waals surface area contributed by atoms with Crippen molar-refractivity contribution >= 4 is 38.4 Å². The van der Waals surface area contributed by atoms with Crippen molar-refractivity contribution in [1.82, 2.24) is 4.98 Å². The summed E-state index contributed by atoms with van der Waals surface area (Å²) in [5.41, 5.74) is 6.82. The molecule has 0 bridgehead atoms. The molecular weight excluding hydrogens is 284 g/mol. The summed E-state index contributed by atoms with van der Waals surface area (Å²) >= 11 is 3.42. The van der Waals surface area contributed by atoms with Crippen molar-refractivity contribution in [2.75, 3.05) is 12.8 Å². The monoisotopic (exact) mass is 294 g/mol. The zero-order valence-corrected chi connectivity index (χ0v) is 11.0. The molecule has 5 heteroatoms. The molecule has 2 N–H and O–H groups in total. The van der Waals surface area contributed by atoms with Crippen molar-refractivity contribution in [2.24, 2.45) is 0 Å². The van der Waals surface area contributed by atoms with E-state index in [2.05, 4.69) is 20.9 Å². The average Bonchev–Trinajstić information content (AvgIpc) is 2.28. The van der Waals surface area contributed by atoms with Crippen LogP contribution in [0.1, 0.15) is 17.3 Å². The van der Waals surface area contributed by atoms with Gasteiger partial charge in [0.2, 0.25) is 0 Å². The molecule has 4 nitrogen and oxygen atoms in total. The number of aromatic nitrogens is 1. The number of carbonyl (C=O) groups excluding carboxylic acids is 1. The van der Waals surface area contributed by atoms with Gasteiger partial charge in [0.25, 0.3) is 0 Å². The smallest absolute Gasteiger partial charge is 0.163 e. The minimum absolute atomic E-state index is 0.105. The first-order valence-electron chi connectivity index (χ1n) is 4.98. The van der Waals surface area contributed by atoms with Gasteiger partial charge in [-0.2, -0.15) is 0 Å². The van der Waals surface area contributed by atoms with Gasteiger partial charge in [-0.15, -0.1) is 0 Å². The largest absolute Gasteiger partial charge is 0.494 e. The molecule has 2 rings (SSSR count). The van der Waals surface area contributed by atoms with Crippen LogP contribution in [-0.4, -0.2) is 17.9 Å². The molecule has 2 aromatic rings. The summed E-state index contributed by atoms with van der Waals surface area (Å²) in [5, 5.41) is 0.809. The summed E-state index contributed by atoms with van der Waals surface area (Å²) in [4.78, 5) is 15.6. The SMILES string of the molecule is COc1ccc(Br)c2cc(C(C)=O)c(N)nc12. The van der Waals surface area contributed by atoms with Crippen LogP contribution in [-0.2, 0) is 0 Å². The number of hydrogen-bond acceptors (Lipinski definition) is 4. The summed E-state index contributed by atoms with van der Waals surface area (Å²) in [6.07, 6.45) is 0. The first-order chi connectivity index (χ1) is 8.04. The van der Waals surface area contributed by atoms with E-state index in [1.54, 1.807) is 19.2 Å². The van der Waals surface area contributed by atoms with Crippen molar-refractivity contribution in [2.45, 2.75) is 6.92 Å². The quantitative estimate of drug-likeness (QED) is 0.865. The van der Waals surface area contributed by atoms with Crippen LogP contribution in [0.3, 0.4) is 0 Å². The number of halogens is 1. The number of nitrogens with zero attached hydrogens (tertiary/aromatic N) is 1. The zero-order valence-electron chi connectivity index (χ0n) is 9.45. The average molecular weight is 295 g/mol. The van der Waals surface area contributed by atoms with Gasteiger partial charge >= 0.3 is 0 Å². The van der Waals surface area contributed by atoms with Crippen molar-refractivity contribution < 1.29 is 9.53 Å². The molecule has 0 saturated carbocycles. The minimum atomic E-state index is -0.105. The van der Waals surface area contributed by atoms with E-state index >= 15 is 0 Å². The molecule has 17 heavy (non-hydrogen) atoms. The Kier molecular flexibility index (Phi) is 3.02. The highest BCUT2D eigenvalue weighted by Crippen LogP contribution is 2.32. The molecule has 0 radical (unpaired) electrons. The Labute approximate surface area is 107 Å². The molecular formula is C12H11BrN2O2. The van der Waals surface area contributed by atoms with Gasteiger partial charge in [-0.1, -0.05) is 15.9 Å². The van der Waals surface area contributed by atoms with E-state index in [-0.39, 0.29) is 11.6 Å².